The second kappa shape index (κ2) is 6.53. The van der Waals surface area contributed by atoms with Crippen molar-refractivity contribution >= 4 is 17.2 Å². The van der Waals surface area contributed by atoms with Gasteiger partial charge < -0.3 is 5.73 Å². The fourth-order valence-electron chi connectivity index (χ4n) is 3.64. The van der Waals surface area contributed by atoms with Crippen LogP contribution in [-0.2, 0) is 19.4 Å². The van der Waals surface area contributed by atoms with Crippen molar-refractivity contribution in [2.24, 2.45) is 0 Å². The third kappa shape index (κ3) is 3.38. The van der Waals surface area contributed by atoms with Crippen LogP contribution in [0.1, 0.15) is 53.0 Å². The summed E-state index contributed by atoms with van der Waals surface area (Å²) in [6.07, 6.45) is 9.27. The average Bonchev–Trinajstić information content (AvgIpc) is 2.99. The van der Waals surface area contributed by atoms with Crippen molar-refractivity contribution in [2.45, 2.75) is 51.0 Å². The molecule has 1 fully saturated rings. The maximum Gasteiger partial charge on any atom is 0.144 e. The fraction of sp³-hybridized carbons (Fsp3) is 0.588. The van der Waals surface area contributed by atoms with E-state index in [1.807, 2.05) is 11.3 Å². The molecule has 1 aliphatic carbocycles. The van der Waals surface area contributed by atoms with E-state index in [1.54, 1.807) is 17.1 Å². The average molecular weight is 329 g/mol. The van der Waals surface area contributed by atoms with Gasteiger partial charge in [0.2, 0.25) is 0 Å². The van der Waals surface area contributed by atoms with Crippen molar-refractivity contribution in [2.75, 3.05) is 18.8 Å². The van der Waals surface area contributed by atoms with Crippen LogP contribution in [0.4, 0.5) is 5.82 Å². The number of rotatable bonds is 3. The van der Waals surface area contributed by atoms with Crippen molar-refractivity contribution in [1.29, 1.82) is 0 Å². The molecule has 0 saturated carbocycles. The Labute approximate surface area is 141 Å². The highest BCUT2D eigenvalue weighted by atomic mass is 32.1. The minimum atomic E-state index is 0.552. The number of aromatic nitrogens is 3. The van der Waals surface area contributed by atoms with Crippen LogP contribution in [0.25, 0.3) is 0 Å². The molecule has 1 saturated heterocycles. The van der Waals surface area contributed by atoms with E-state index in [1.165, 1.54) is 49.2 Å². The Kier molecular flexibility index (Phi) is 4.27. The van der Waals surface area contributed by atoms with Crippen molar-refractivity contribution < 1.29 is 0 Å². The number of fused-ring (bicyclic) bond motifs is 1. The van der Waals surface area contributed by atoms with Gasteiger partial charge in [0.1, 0.15) is 11.6 Å². The monoisotopic (exact) mass is 329 g/mol. The van der Waals surface area contributed by atoms with Gasteiger partial charge in [-0.3, -0.25) is 4.90 Å². The van der Waals surface area contributed by atoms with Gasteiger partial charge in [-0.15, -0.1) is 11.3 Å². The van der Waals surface area contributed by atoms with Crippen LogP contribution in [0.2, 0.25) is 0 Å². The fourth-order valence-corrected chi connectivity index (χ4v) is 4.92. The zero-order valence-electron chi connectivity index (χ0n) is 13.4. The first kappa shape index (κ1) is 15.0. The van der Waals surface area contributed by atoms with E-state index < -0.39 is 0 Å². The predicted octanol–water partition coefficient (Wildman–Crippen LogP) is 2.77. The number of hydrogen-bond acceptors (Lipinski definition) is 6. The molecule has 0 unspecified atom stereocenters. The highest BCUT2D eigenvalue weighted by Crippen LogP contribution is 2.34. The predicted molar refractivity (Wildman–Crippen MR) is 92.5 cm³/mol. The van der Waals surface area contributed by atoms with Crippen LogP contribution in [-0.4, -0.2) is 32.9 Å². The Morgan fingerprint density at radius 1 is 1.22 bits per heavy atom. The lowest BCUT2D eigenvalue weighted by Crippen LogP contribution is -2.34. The zero-order valence-corrected chi connectivity index (χ0v) is 14.2. The third-order valence-electron chi connectivity index (χ3n) is 4.81. The molecular weight excluding hydrogens is 306 g/mol. The SMILES string of the molecule is Nc1ccnc(CN2CCC[C@H](c3nc4c(s3)CCCC4)C2)n1. The normalized spacial score (nSPS) is 22.0. The summed E-state index contributed by atoms with van der Waals surface area (Å²) in [5.74, 6) is 1.95. The smallest absolute Gasteiger partial charge is 0.144 e. The highest BCUT2D eigenvalue weighted by Gasteiger charge is 2.26. The molecule has 23 heavy (non-hydrogen) atoms. The van der Waals surface area contributed by atoms with Gasteiger partial charge in [0.25, 0.3) is 0 Å². The van der Waals surface area contributed by atoms with Crippen molar-refractivity contribution in [3.05, 3.63) is 33.7 Å². The van der Waals surface area contributed by atoms with Crippen molar-refractivity contribution in [3.63, 3.8) is 0 Å². The topological polar surface area (TPSA) is 67.9 Å². The lowest BCUT2D eigenvalue weighted by atomic mass is 9.98. The van der Waals surface area contributed by atoms with Gasteiger partial charge in [-0.05, 0) is 51.1 Å². The summed E-state index contributed by atoms with van der Waals surface area (Å²) in [7, 11) is 0. The largest absolute Gasteiger partial charge is 0.384 e. The van der Waals surface area contributed by atoms with Crippen LogP contribution in [0, 0.1) is 0 Å². The Morgan fingerprint density at radius 2 is 2.13 bits per heavy atom. The Balaban J connectivity index is 1.45. The lowest BCUT2D eigenvalue weighted by Gasteiger charge is -2.31. The summed E-state index contributed by atoms with van der Waals surface area (Å²) < 4.78 is 0. The van der Waals surface area contributed by atoms with Crippen LogP contribution < -0.4 is 5.73 Å². The highest BCUT2D eigenvalue weighted by molar-refractivity contribution is 7.11. The van der Waals surface area contributed by atoms with E-state index >= 15 is 0 Å². The number of anilines is 1. The van der Waals surface area contributed by atoms with E-state index in [2.05, 4.69) is 14.9 Å². The molecule has 0 amide bonds. The number of nitrogens with zero attached hydrogens (tertiary/aromatic N) is 4. The minimum Gasteiger partial charge on any atom is -0.384 e. The number of nitrogens with two attached hydrogens (primary N) is 1. The number of hydrogen-bond donors (Lipinski definition) is 1. The number of nitrogen functional groups attached to an aromatic ring is 1. The maximum atomic E-state index is 5.76. The van der Waals surface area contributed by atoms with Crippen LogP contribution >= 0.6 is 11.3 Å². The molecule has 5 nitrogen and oxygen atoms in total. The van der Waals surface area contributed by atoms with Crippen LogP contribution in [0.5, 0.6) is 0 Å². The van der Waals surface area contributed by atoms with Gasteiger partial charge in [-0.1, -0.05) is 0 Å². The van der Waals surface area contributed by atoms with Gasteiger partial charge in [0, 0.05) is 23.5 Å². The third-order valence-corrected chi connectivity index (χ3v) is 6.13. The number of likely N-dealkylation sites (tertiary alicyclic amines) is 1. The zero-order chi connectivity index (χ0) is 15.6. The standard InChI is InChI=1S/C17H23N5S/c18-15-7-8-19-16(21-15)11-22-9-3-4-12(10-22)17-20-13-5-1-2-6-14(13)23-17/h7-8,12H,1-6,9-11H2,(H2,18,19,21)/t12-/m0/s1. The van der Waals surface area contributed by atoms with Crippen LogP contribution in [0.3, 0.4) is 0 Å². The molecule has 1 atom stereocenters. The second-order valence-electron chi connectivity index (χ2n) is 6.60. The second-order valence-corrected chi connectivity index (χ2v) is 7.72. The quantitative estimate of drug-likeness (QED) is 0.938. The van der Waals surface area contributed by atoms with Gasteiger partial charge in [0.15, 0.2) is 0 Å². The Bertz CT molecular complexity index is 660. The molecule has 1 aliphatic heterocycles. The molecule has 2 aliphatic rings. The molecule has 2 aromatic rings. The van der Waals surface area contributed by atoms with Crippen molar-refractivity contribution in [1.82, 2.24) is 19.9 Å². The summed E-state index contributed by atoms with van der Waals surface area (Å²) in [4.78, 5) is 17.6. The van der Waals surface area contributed by atoms with Gasteiger partial charge >= 0.3 is 0 Å². The first-order chi connectivity index (χ1) is 11.3. The summed E-state index contributed by atoms with van der Waals surface area (Å²) in [5.41, 5.74) is 7.14. The van der Waals surface area contributed by atoms with Crippen molar-refractivity contribution in [3.8, 4) is 0 Å². The van der Waals surface area contributed by atoms with Crippen LogP contribution in [0.15, 0.2) is 12.3 Å². The number of piperidine rings is 1. The first-order valence-corrected chi connectivity index (χ1v) is 9.38. The number of aryl methyl sites for hydroxylation is 2. The van der Waals surface area contributed by atoms with E-state index in [4.69, 9.17) is 10.7 Å². The number of thiazole rings is 1. The molecule has 3 heterocycles. The van der Waals surface area contributed by atoms with E-state index in [-0.39, 0.29) is 0 Å². The Morgan fingerprint density at radius 3 is 3.00 bits per heavy atom. The summed E-state index contributed by atoms with van der Waals surface area (Å²) in [5, 5.41) is 1.36. The van der Waals surface area contributed by atoms with E-state index in [0.29, 0.717) is 11.7 Å². The summed E-state index contributed by atoms with van der Waals surface area (Å²) in [6.45, 7) is 2.96. The minimum absolute atomic E-state index is 0.552. The lowest BCUT2D eigenvalue weighted by molar-refractivity contribution is 0.195. The van der Waals surface area contributed by atoms with Gasteiger partial charge in [-0.25, -0.2) is 15.0 Å². The summed E-state index contributed by atoms with van der Waals surface area (Å²) in [6, 6.07) is 1.74. The summed E-state index contributed by atoms with van der Waals surface area (Å²) >= 11 is 1.96. The van der Waals surface area contributed by atoms with E-state index in [0.717, 1.165) is 25.5 Å². The molecule has 0 radical (unpaired) electrons. The molecule has 6 heteroatoms. The molecule has 122 valence electrons. The molecule has 2 aromatic heterocycles. The first-order valence-electron chi connectivity index (χ1n) is 8.56. The molecular formula is C17H23N5S. The maximum absolute atomic E-state index is 5.76. The molecule has 0 bridgehead atoms. The molecule has 2 N–H and O–H groups in total. The molecule has 0 aromatic carbocycles. The van der Waals surface area contributed by atoms with E-state index in [9.17, 15) is 0 Å². The molecule has 4 rings (SSSR count). The van der Waals surface area contributed by atoms with Gasteiger partial charge in [-0.2, -0.15) is 0 Å². The Hall–Kier alpha value is -1.53. The molecule has 0 spiro atoms. The van der Waals surface area contributed by atoms with Gasteiger partial charge in [0.05, 0.1) is 17.2 Å².